The molecule has 0 unspecified atom stereocenters. The molecule has 104 valence electrons. The van der Waals surface area contributed by atoms with Crippen molar-refractivity contribution >= 4 is 16.7 Å². The molecule has 0 amide bonds. The molecule has 4 nitrogen and oxygen atoms in total. The Bertz CT molecular complexity index is 684. The molecule has 0 atom stereocenters. The molecule has 2 aromatic rings. The van der Waals surface area contributed by atoms with Crippen molar-refractivity contribution in [2.24, 2.45) is 5.92 Å². The maximum atomic E-state index is 12.4. The highest BCUT2D eigenvalue weighted by Crippen LogP contribution is 2.25. The van der Waals surface area contributed by atoms with Crippen LogP contribution in [0.25, 0.3) is 10.9 Å². The summed E-state index contributed by atoms with van der Waals surface area (Å²) in [5, 5.41) is 4.75. The Labute approximate surface area is 117 Å². The van der Waals surface area contributed by atoms with Crippen LogP contribution in [0, 0.1) is 5.92 Å². The largest absolute Gasteiger partial charge is 0.297 e. The highest BCUT2D eigenvalue weighted by Gasteiger charge is 2.21. The first-order chi connectivity index (χ1) is 9.75. The number of hydrogen-bond acceptors (Lipinski definition) is 3. The average Bonchev–Trinajstić information content (AvgIpc) is 2.51. The lowest BCUT2D eigenvalue weighted by molar-refractivity contribution is -0.124. The Morgan fingerprint density at radius 2 is 1.95 bits per heavy atom. The van der Waals surface area contributed by atoms with Crippen molar-refractivity contribution in [2.75, 3.05) is 0 Å². The second-order valence-corrected chi connectivity index (χ2v) is 5.48. The number of nitrogens with zero attached hydrogens (tertiary/aromatic N) is 2. The predicted molar refractivity (Wildman–Crippen MR) is 77.6 cm³/mol. The molecule has 20 heavy (non-hydrogen) atoms. The molecule has 1 aliphatic carbocycles. The summed E-state index contributed by atoms with van der Waals surface area (Å²) in [7, 11) is 0. The third-order valence-electron chi connectivity index (χ3n) is 4.13. The van der Waals surface area contributed by atoms with Gasteiger partial charge in [0.15, 0.2) is 5.78 Å². The maximum absolute atomic E-state index is 12.4. The van der Waals surface area contributed by atoms with Gasteiger partial charge in [0.1, 0.15) is 6.54 Å². The number of Topliss-reactive ketones (excluding diaryl/α,β-unsaturated/α-hetero) is 1. The first kappa shape index (κ1) is 13.0. The van der Waals surface area contributed by atoms with Crippen LogP contribution in [0.4, 0.5) is 0 Å². The van der Waals surface area contributed by atoms with Gasteiger partial charge >= 0.3 is 0 Å². The van der Waals surface area contributed by atoms with Crippen LogP contribution in [0.3, 0.4) is 0 Å². The highest BCUT2D eigenvalue weighted by atomic mass is 16.1. The van der Waals surface area contributed by atoms with Gasteiger partial charge in [-0.1, -0.05) is 31.4 Å². The van der Waals surface area contributed by atoms with Crippen molar-refractivity contribution in [3.63, 3.8) is 0 Å². The normalized spacial score (nSPS) is 16.4. The third-order valence-corrected chi connectivity index (χ3v) is 4.13. The molecule has 1 aliphatic rings. The van der Waals surface area contributed by atoms with Crippen LogP contribution in [-0.2, 0) is 11.3 Å². The van der Waals surface area contributed by atoms with Gasteiger partial charge in [-0.25, -0.2) is 0 Å². The SMILES string of the molecule is O=C(Cn1ncc(=O)c2ccccc21)C1CCCCC1. The topological polar surface area (TPSA) is 52.0 Å². The number of ketones is 1. The molecule has 1 fully saturated rings. The first-order valence-electron chi connectivity index (χ1n) is 7.23. The molecule has 1 heterocycles. The van der Waals surface area contributed by atoms with Gasteiger partial charge in [0, 0.05) is 11.3 Å². The lowest BCUT2D eigenvalue weighted by Crippen LogP contribution is -2.24. The van der Waals surface area contributed by atoms with Crippen molar-refractivity contribution < 1.29 is 4.79 Å². The van der Waals surface area contributed by atoms with E-state index < -0.39 is 0 Å². The van der Waals surface area contributed by atoms with E-state index in [4.69, 9.17) is 0 Å². The summed E-state index contributed by atoms with van der Waals surface area (Å²) in [4.78, 5) is 24.1. The number of carbonyl (C=O) groups excluding carboxylic acids is 1. The number of hydrogen-bond donors (Lipinski definition) is 0. The average molecular weight is 270 g/mol. The van der Waals surface area contributed by atoms with E-state index in [0.29, 0.717) is 5.39 Å². The molecule has 0 saturated heterocycles. The number of aromatic nitrogens is 2. The van der Waals surface area contributed by atoms with Gasteiger partial charge in [0.2, 0.25) is 5.43 Å². The molecule has 0 spiro atoms. The Hall–Kier alpha value is -1.97. The number of carbonyl (C=O) groups is 1. The Balaban J connectivity index is 1.89. The summed E-state index contributed by atoms with van der Waals surface area (Å²) < 4.78 is 1.66. The monoisotopic (exact) mass is 270 g/mol. The Kier molecular flexibility index (Phi) is 3.63. The maximum Gasteiger partial charge on any atom is 0.207 e. The lowest BCUT2D eigenvalue weighted by atomic mass is 9.86. The van der Waals surface area contributed by atoms with Gasteiger partial charge in [-0.15, -0.1) is 0 Å². The number of fused-ring (bicyclic) bond motifs is 1. The van der Waals surface area contributed by atoms with E-state index in [1.165, 1.54) is 12.6 Å². The van der Waals surface area contributed by atoms with E-state index in [1.54, 1.807) is 10.7 Å². The molecular weight excluding hydrogens is 252 g/mol. The predicted octanol–water partition coefficient (Wildman–Crippen LogP) is 2.55. The fraction of sp³-hybridized carbons (Fsp3) is 0.438. The van der Waals surface area contributed by atoms with E-state index in [2.05, 4.69) is 5.10 Å². The van der Waals surface area contributed by atoms with Crippen molar-refractivity contribution in [1.29, 1.82) is 0 Å². The van der Waals surface area contributed by atoms with Crippen LogP contribution in [0.1, 0.15) is 32.1 Å². The highest BCUT2D eigenvalue weighted by molar-refractivity contribution is 5.84. The molecule has 1 aromatic carbocycles. The summed E-state index contributed by atoms with van der Waals surface area (Å²) in [6, 6.07) is 7.32. The molecule has 0 radical (unpaired) electrons. The molecule has 4 heteroatoms. The Morgan fingerprint density at radius 3 is 2.75 bits per heavy atom. The van der Waals surface area contributed by atoms with Crippen molar-refractivity contribution in [2.45, 2.75) is 38.6 Å². The van der Waals surface area contributed by atoms with Crippen molar-refractivity contribution in [3.05, 3.63) is 40.7 Å². The molecule has 3 rings (SSSR count). The van der Waals surface area contributed by atoms with Crippen LogP contribution < -0.4 is 5.43 Å². The quantitative estimate of drug-likeness (QED) is 0.861. The minimum absolute atomic E-state index is 0.0954. The smallest absolute Gasteiger partial charge is 0.207 e. The summed E-state index contributed by atoms with van der Waals surface area (Å²) in [6.45, 7) is 0.269. The number of para-hydroxylation sites is 1. The van der Waals surface area contributed by atoms with E-state index in [0.717, 1.165) is 31.2 Å². The van der Waals surface area contributed by atoms with Crippen molar-refractivity contribution in [1.82, 2.24) is 9.78 Å². The second kappa shape index (κ2) is 5.57. The molecule has 0 aliphatic heterocycles. The van der Waals surface area contributed by atoms with Gasteiger partial charge < -0.3 is 0 Å². The zero-order valence-electron chi connectivity index (χ0n) is 11.4. The third kappa shape index (κ3) is 2.50. The summed E-state index contributed by atoms with van der Waals surface area (Å²) in [5.41, 5.74) is 0.645. The van der Waals surface area contributed by atoms with Crippen LogP contribution in [0.5, 0.6) is 0 Å². The number of benzene rings is 1. The minimum Gasteiger partial charge on any atom is -0.297 e. The fourth-order valence-corrected chi connectivity index (χ4v) is 2.99. The van der Waals surface area contributed by atoms with Crippen LogP contribution in [-0.4, -0.2) is 15.6 Å². The van der Waals surface area contributed by atoms with Gasteiger partial charge in [0.25, 0.3) is 0 Å². The molecule has 0 bridgehead atoms. The second-order valence-electron chi connectivity index (χ2n) is 5.48. The standard InChI is InChI=1S/C16H18N2O2/c19-15-10-17-18(14-9-5-4-8-13(14)15)11-16(20)12-6-2-1-3-7-12/h4-5,8-10,12H,1-3,6-7,11H2. The minimum atomic E-state index is -0.0954. The van der Waals surface area contributed by atoms with Gasteiger partial charge in [-0.05, 0) is 25.0 Å². The van der Waals surface area contributed by atoms with E-state index in [1.807, 2.05) is 18.2 Å². The molecule has 1 aromatic heterocycles. The summed E-state index contributed by atoms with van der Waals surface area (Å²) in [6.07, 6.45) is 6.83. The molecule has 1 saturated carbocycles. The van der Waals surface area contributed by atoms with Crippen LogP contribution in [0.2, 0.25) is 0 Å². The summed E-state index contributed by atoms with van der Waals surface area (Å²) >= 11 is 0. The van der Waals surface area contributed by atoms with Crippen LogP contribution in [0.15, 0.2) is 35.3 Å². The zero-order chi connectivity index (χ0) is 13.9. The Morgan fingerprint density at radius 1 is 1.20 bits per heavy atom. The van der Waals surface area contributed by atoms with Gasteiger partial charge in [-0.2, -0.15) is 5.10 Å². The first-order valence-corrected chi connectivity index (χ1v) is 7.23. The van der Waals surface area contributed by atoms with Gasteiger partial charge in [0.05, 0.1) is 11.7 Å². The van der Waals surface area contributed by atoms with E-state index in [9.17, 15) is 9.59 Å². The fourth-order valence-electron chi connectivity index (χ4n) is 2.99. The summed E-state index contributed by atoms with van der Waals surface area (Å²) in [5.74, 6) is 0.412. The molecule has 0 N–H and O–H groups in total. The number of rotatable bonds is 3. The zero-order valence-corrected chi connectivity index (χ0v) is 11.4. The van der Waals surface area contributed by atoms with Gasteiger partial charge in [-0.3, -0.25) is 14.3 Å². The van der Waals surface area contributed by atoms with Crippen molar-refractivity contribution in [3.8, 4) is 0 Å². The van der Waals surface area contributed by atoms with E-state index in [-0.39, 0.29) is 23.7 Å². The lowest BCUT2D eigenvalue weighted by Gasteiger charge is -2.20. The van der Waals surface area contributed by atoms with Crippen LogP contribution >= 0.6 is 0 Å². The van der Waals surface area contributed by atoms with E-state index >= 15 is 0 Å². The molecular formula is C16H18N2O2.